The van der Waals surface area contributed by atoms with E-state index < -0.39 is 5.91 Å². The Kier molecular flexibility index (Phi) is 5.05. The third-order valence-electron chi connectivity index (χ3n) is 3.52. The molecule has 0 spiro atoms. The zero-order chi connectivity index (χ0) is 17.8. The van der Waals surface area contributed by atoms with Crippen LogP contribution in [0.2, 0.25) is 0 Å². The Morgan fingerprint density at radius 1 is 1.28 bits per heavy atom. The number of amides is 2. The molecule has 0 aliphatic rings. The van der Waals surface area contributed by atoms with Gasteiger partial charge in [-0.2, -0.15) is 5.10 Å². The van der Waals surface area contributed by atoms with Gasteiger partial charge in [-0.25, -0.2) is 0 Å². The van der Waals surface area contributed by atoms with Crippen molar-refractivity contribution in [1.29, 1.82) is 0 Å². The van der Waals surface area contributed by atoms with Crippen LogP contribution in [0.25, 0.3) is 10.7 Å². The summed E-state index contributed by atoms with van der Waals surface area (Å²) in [7, 11) is 0. The van der Waals surface area contributed by atoms with Crippen molar-refractivity contribution in [2.24, 2.45) is 5.73 Å². The van der Waals surface area contributed by atoms with Crippen LogP contribution in [0.15, 0.2) is 41.8 Å². The van der Waals surface area contributed by atoms with Crippen molar-refractivity contribution in [2.45, 2.75) is 13.0 Å². The van der Waals surface area contributed by atoms with Crippen LogP contribution in [-0.2, 0) is 11.3 Å². The number of carbonyl (C=O) groups is 2. The summed E-state index contributed by atoms with van der Waals surface area (Å²) in [5.41, 5.74) is 6.18. The van der Waals surface area contributed by atoms with Crippen LogP contribution >= 0.6 is 23.6 Å². The van der Waals surface area contributed by atoms with Crippen molar-refractivity contribution in [3.05, 3.63) is 52.1 Å². The molecule has 0 saturated heterocycles. The fraction of sp³-hybridized carbons (Fsp3) is 0.125. The number of thiophene rings is 1. The van der Waals surface area contributed by atoms with Crippen molar-refractivity contribution >= 4 is 41.1 Å². The van der Waals surface area contributed by atoms with Gasteiger partial charge in [-0.3, -0.25) is 19.3 Å². The van der Waals surface area contributed by atoms with Gasteiger partial charge in [-0.05, 0) is 47.9 Å². The molecule has 0 fully saturated rings. The number of hydrogen-bond acceptors (Lipinski definition) is 5. The molecule has 0 aliphatic carbocycles. The normalized spacial score (nSPS) is 10.6. The number of primary amides is 1. The zero-order valence-electron chi connectivity index (χ0n) is 13.1. The fourth-order valence-electron chi connectivity index (χ4n) is 2.27. The van der Waals surface area contributed by atoms with Crippen LogP contribution in [0, 0.1) is 4.77 Å². The van der Waals surface area contributed by atoms with Gasteiger partial charge in [-0.15, -0.1) is 11.3 Å². The molecule has 0 radical (unpaired) electrons. The van der Waals surface area contributed by atoms with Crippen LogP contribution in [0.5, 0.6) is 0 Å². The number of rotatable bonds is 6. The van der Waals surface area contributed by atoms with E-state index >= 15 is 0 Å². The van der Waals surface area contributed by atoms with Gasteiger partial charge in [0.15, 0.2) is 10.6 Å². The Balaban J connectivity index is 1.64. The van der Waals surface area contributed by atoms with Crippen LogP contribution in [-0.4, -0.2) is 26.6 Å². The Bertz CT molecular complexity index is 942. The number of H-pyrrole nitrogens is 1. The lowest BCUT2D eigenvalue weighted by Gasteiger charge is -2.07. The second-order valence-electron chi connectivity index (χ2n) is 5.22. The molecule has 25 heavy (non-hydrogen) atoms. The smallest absolute Gasteiger partial charge is 0.248 e. The SMILES string of the molecule is NC(=O)c1ccc(NC(=O)CCn2c(-c3cccs3)n[nH]c2=S)cc1. The summed E-state index contributed by atoms with van der Waals surface area (Å²) in [6.07, 6.45) is 0.240. The van der Waals surface area contributed by atoms with Gasteiger partial charge in [0.05, 0.1) is 4.88 Å². The van der Waals surface area contributed by atoms with E-state index in [0.717, 1.165) is 10.7 Å². The quantitative estimate of drug-likeness (QED) is 0.578. The summed E-state index contributed by atoms with van der Waals surface area (Å²) < 4.78 is 2.28. The number of aromatic amines is 1. The molecule has 1 aromatic carbocycles. The number of nitrogens with two attached hydrogens (primary N) is 1. The summed E-state index contributed by atoms with van der Waals surface area (Å²) in [6, 6.07) is 10.3. The molecule has 2 heterocycles. The van der Waals surface area contributed by atoms with E-state index in [0.29, 0.717) is 22.6 Å². The first kappa shape index (κ1) is 17.1. The van der Waals surface area contributed by atoms with Crippen LogP contribution in [0.4, 0.5) is 5.69 Å². The van der Waals surface area contributed by atoms with Crippen molar-refractivity contribution in [3.63, 3.8) is 0 Å². The third kappa shape index (κ3) is 4.01. The van der Waals surface area contributed by atoms with Crippen molar-refractivity contribution in [2.75, 3.05) is 5.32 Å². The van der Waals surface area contributed by atoms with Gasteiger partial charge in [0.1, 0.15) is 0 Å². The van der Waals surface area contributed by atoms with Crippen molar-refractivity contribution in [1.82, 2.24) is 14.8 Å². The van der Waals surface area contributed by atoms with E-state index in [9.17, 15) is 9.59 Å². The summed E-state index contributed by atoms with van der Waals surface area (Å²) in [4.78, 5) is 24.2. The second kappa shape index (κ2) is 7.41. The Labute approximate surface area is 152 Å². The summed E-state index contributed by atoms with van der Waals surface area (Å²) >= 11 is 6.80. The lowest BCUT2D eigenvalue weighted by Crippen LogP contribution is -2.15. The molecular weight excluding hydrogens is 358 g/mol. The molecular formula is C16H15N5O2S2. The van der Waals surface area contributed by atoms with Gasteiger partial charge in [-0.1, -0.05) is 6.07 Å². The van der Waals surface area contributed by atoms with E-state index in [2.05, 4.69) is 15.5 Å². The number of hydrogen-bond donors (Lipinski definition) is 3. The first-order chi connectivity index (χ1) is 12.0. The maximum atomic E-state index is 12.2. The minimum Gasteiger partial charge on any atom is -0.366 e. The number of carbonyl (C=O) groups excluding carboxylic acids is 2. The molecule has 2 aromatic heterocycles. The highest BCUT2D eigenvalue weighted by molar-refractivity contribution is 7.71. The largest absolute Gasteiger partial charge is 0.366 e. The molecule has 7 nitrogen and oxygen atoms in total. The fourth-order valence-corrected chi connectivity index (χ4v) is 3.22. The highest BCUT2D eigenvalue weighted by Crippen LogP contribution is 2.23. The van der Waals surface area contributed by atoms with Gasteiger partial charge >= 0.3 is 0 Å². The summed E-state index contributed by atoms with van der Waals surface area (Å²) in [5.74, 6) is 0.0546. The third-order valence-corrected chi connectivity index (χ3v) is 4.69. The molecule has 9 heteroatoms. The molecule has 2 amide bonds. The number of aromatic nitrogens is 3. The van der Waals surface area contributed by atoms with Gasteiger partial charge in [0, 0.05) is 24.2 Å². The Morgan fingerprint density at radius 2 is 2.04 bits per heavy atom. The molecule has 0 unspecified atom stereocenters. The summed E-state index contributed by atoms with van der Waals surface area (Å²) in [5, 5.41) is 11.7. The minimum atomic E-state index is -0.506. The average Bonchev–Trinajstić information content (AvgIpc) is 3.23. The predicted molar refractivity (Wildman–Crippen MR) is 98.9 cm³/mol. The predicted octanol–water partition coefficient (Wildman–Crippen LogP) is 2.80. The first-order valence-corrected chi connectivity index (χ1v) is 8.72. The zero-order valence-corrected chi connectivity index (χ0v) is 14.7. The minimum absolute atomic E-state index is 0.160. The van der Waals surface area contributed by atoms with E-state index in [1.54, 1.807) is 40.2 Å². The number of benzene rings is 1. The van der Waals surface area contributed by atoms with Gasteiger partial charge in [0.25, 0.3) is 0 Å². The maximum Gasteiger partial charge on any atom is 0.248 e. The molecule has 0 saturated carbocycles. The molecule has 0 bridgehead atoms. The van der Waals surface area contributed by atoms with Crippen molar-refractivity contribution in [3.8, 4) is 10.7 Å². The van der Waals surface area contributed by atoms with Gasteiger partial charge < -0.3 is 11.1 Å². The second-order valence-corrected chi connectivity index (χ2v) is 6.56. The lowest BCUT2D eigenvalue weighted by molar-refractivity contribution is -0.116. The van der Waals surface area contributed by atoms with E-state index in [1.807, 2.05) is 17.5 Å². The Morgan fingerprint density at radius 3 is 2.68 bits per heavy atom. The van der Waals surface area contributed by atoms with E-state index in [1.165, 1.54) is 0 Å². The standard InChI is InChI=1S/C16H15N5O2S2/c17-14(23)10-3-5-11(6-4-10)18-13(22)7-8-21-15(19-20-16(21)24)12-2-1-9-25-12/h1-6,9H,7-8H2,(H2,17,23)(H,18,22)(H,20,24). The monoisotopic (exact) mass is 373 g/mol. The molecule has 0 aliphatic heterocycles. The summed E-state index contributed by atoms with van der Waals surface area (Å²) in [6.45, 7) is 0.410. The molecule has 4 N–H and O–H groups in total. The van der Waals surface area contributed by atoms with Crippen LogP contribution < -0.4 is 11.1 Å². The topological polar surface area (TPSA) is 106 Å². The Hall–Kier alpha value is -2.78. The number of nitrogens with zero attached hydrogens (tertiary/aromatic N) is 2. The first-order valence-electron chi connectivity index (χ1n) is 7.43. The molecule has 3 aromatic rings. The van der Waals surface area contributed by atoms with Crippen LogP contribution in [0.1, 0.15) is 16.8 Å². The van der Waals surface area contributed by atoms with E-state index in [-0.39, 0.29) is 12.3 Å². The molecule has 3 rings (SSSR count). The maximum absolute atomic E-state index is 12.2. The number of anilines is 1. The van der Waals surface area contributed by atoms with Crippen LogP contribution in [0.3, 0.4) is 0 Å². The van der Waals surface area contributed by atoms with E-state index in [4.69, 9.17) is 18.0 Å². The van der Waals surface area contributed by atoms with Gasteiger partial charge in [0.2, 0.25) is 11.8 Å². The van der Waals surface area contributed by atoms with Crippen molar-refractivity contribution < 1.29 is 9.59 Å². The molecule has 0 atom stereocenters. The highest BCUT2D eigenvalue weighted by Gasteiger charge is 2.11. The average molecular weight is 373 g/mol. The lowest BCUT2D eigenvalue weighted by atomic mass is 10.2. The molecule has 128 valence electrons. The highest BCUT2D eigenvalue weighted by atomic mass is 32.1. The number of nitrogens with one attached hydrogen (secondary N) is 2.